The van der Waals surface area contributed by atoms with Gasteiger partial charge in [0.1, 0.15) is 17.3 Å². The number of benzene rings is 1. The number of pyridine rings is 1. The van der Waals surface area contributed by atoms with Crippen molar-refractivity contribution in [2.75, 3.05) is 5.32 Å². The molecule has 1 saturated heterocycles. The molecular weight excluding hydrogens is 390 g/mol. The minimum absolute atomic E-state index is 0.0470. The Labute approximate surface area is 182 Å². The monoisotopic (exact) mass is 419 g/mol. The molecule has 3 aromatic rings. The molecule has 1 aromatic carbocycles. The van der Waals surface area contributed by atoms with Crippen molar-refractivity contribution in [3.63, 3.8) is 0 Å². The van der Waals surface area contributed by atoms with Crippen LogP contribution in [0.5, 0.6) is 11.5 Å². The molecule has 0 aliphatic carbocycles. The number of phenols is 1. The van der Waals surface area contributed by atoms with E-state index in [1.807, 2.05) is 18.2 Å². The third kappa shape index (κ3) is 4.94. The average Bonchev–Trinajstić information content (AvgIpc) is 2.66. The Morgan fingerprint density at radius 3 is 2.26 bits per heavy atom. The maximum Gasteiger partial charge on any atom is 0.148 e. The van der Waals surface area contributed by atoms with Crippen LogP contribution in [-0.4, -0.2) is 42.5 Å². The second-order valence-electron chi connectivity index (χ2n) is 9.61. The maximum absolute atomic E-state index is 10.5. The minimum Gasteiger partial charge on any atom is -0.507 e. The normalized spacial score (nSPS) is 17.9. The highest BCUT2D eigenvalue weighted by atomic mass is 16.3. The van der Waals surface area contributed by atoms with E-state index in [1.54, 1.807) is 24.4 Å². The number of piperidine rings is 1. The predicted molar refractivity (Wildman–Crippen MR) is 122 cm³/mol. The van der Waals surface area contributed by atoms with Crippen molar-refractivity contribution in [2.45, 2.75) is 57.7 Å². The van der Waals surface area contributed by atoms with E-state index >= 15 is 0 Å². The van der Waals surface area contributed by atoms with Gasteiger partial charge in [0, 0.05) is 34.4 Å². The molecule has 162 valence electrons. The van der Waals surface area contributed by atoms with Crippen LogP contribution >= 0.6 is 0 Å². The standard InChI is InChI=1S/C24H29N5O2/c1-23(2)11-17(12-24(3,4)29-23)26-22-8-7-20(27-28-22)19-6-5-15(10-21(19)31)16-9-18(30)14-25-13-16/h5-10,13-14,17,29-31H,11-12H2,1-4H3,(H,26,28). The third-order valence-corrected chi connectivity index (χ3v) is 5.54. The van der Waals surface area contributed by atoms with E-state index in [9.17, 15) is 10.2 Å². The lowest BCUT2D eigenvalue weighted by molar-refractivity contribution is 0.170. The summed E-state index contributed by atoms with van der Waals surface area (Å²) in [5.41, 5.74) is 2.76. The molecule has 7 nitrogen and oxygen atoms in total. The topological polar surface area (TPSA) is 103 Å². The fourth-order valence-electron chi connectivity index (χ4n) is 4.70. The Morgan fingerprint density at radius 1 is 0.903 bits per heavy atom. The lowest BCUT2D eigenvalue weighted by Gasteiger charge is -2.46. The quantitative estimate of drug-likeness (QED) is 0.499. The first kappa shape index (κ1) is 21.1. The molecule has 0 saturated carbocycles. The van der Waals surface area contributed by atoms with Crippen LogP contribution in [0, 0.1) is 0 Å². The Kier molecular flexibility index (Phi) is 5.31. The molecule has 0 spiro atoms. The summed E-state index contributed by atoms with van der Waals surface area (Å²) in [5, 5.41) is 36.0. The highest BCUT2D eigenvalue weighted by Gasteiger charge is 2.37. The van der Waals surface area contributed by atoms with Crippen LogP contribution in [0.2, 0.25) is 0 Å². The molecule has 3 heterocycles. The van der Waals surface area contributed by atoms with Gasteiger partial charge in [0.15, 0.2) is 0 Å². The van der Waals surface area contributed by atoms with Crippen LogP contribution in [0.25, 0.3) is 22.4 Å². The van der Waals surface area contributed by atoms with Crippen LogP contribution < -0.4 is 10.6 Å². The van der Waals surface area contributed by atoms with Crippen LogP contribution in [0.3, 0.4) is 0 Å². The van der Waals surface area contributed by atoms with E-state index in [1.165, 1.54) is 6.20 Å². The fourth-order valence-corrected chi connectivity index (χ4v) is 4.70. The van der Waals surface area contributed by atoms with Gasteiger partial charge < -0.3 is 20.8 Å². The number of aromatic nitrogens is 3. The number of nitrogens with zero attached hydrogens (tertiary/aromatic N) is 3. The summed E-state index contributed by atoms with van der Waals surface area (Å²) in [6.07, 6.45) is 4.99. The van der Waals surface area contributed by atoms with Gasteiger partial charge in [-0.25, -0.2) is 0 Å². The number of hydrogen-bond acceptors (Lipinski definition) is 7. The molecular formula is C24H29N5O2. The highest BCUT2D eigenvalue weighted by molar-refractivity contribution is 5.74. The zero-order chi connectivity index (χ0) is 22.2. The number of hydrogen-bond donors (Lipinski definition) is 4. The van der Waals surface area contributed by atoms with Crippen molar-refractivity contribution in [1.29, 1.82) is 0 Å². The summed E-state index contributed by atoms with van der Waals surface area (Å²) in [5.74, 6) is 0.900. The predicted octanol–water partition coefficient (Wildman–Crippen LogP) is 4.34. The van der Waals surface area contributed by atoms with E-state index < -0.39 is 0 Å². The van der Waals surface area contributed by atoms with Gasteiger partial charge in [-0.1, -0.05) is 6.07 Å². The van der Waals surface area contributed by atoms with Crippen molar-refractivity contribution in [3.05, 3.63) is 48.8 Å². The first-order chi connectivity index (χ1) is 14.6. The Bertz CT molecular complexity index is 1060. The first-order valence-corrected chi connectivity index (χ1v) is 10.5. The molecule has 0 atom stereocenters. The van der Waals surface area contributed by atoms with Gasteiger partial charge in [0.2, 0.25) is 0 Å². The molecule has 0 amide bonds. The molecule has 1 aliphatic rings. The van der Waals surface area contributed by atoms with Crippen molar-refractivity contribution in [2.24, 2.45) is 0 Å². The van der Waals surface area contributed by atoms with E-state index in [4.69, 9.17) is 0 Å². The van der Waals surface area contributed by atoms with Crippen molar-refractivity contribution < 1.29 is 10.2 Å². The number of rotatable bonds is 4. The van der Waals surface area contributed by atoms with Gasteiger partial charge in [-0.05, 0) is 76.4 Å². The van der Waals surface area contributed by atoms with Crippen molar-refractivity contribution in [1.82, 2.24) is 20.5 Å². The molecule has 1 aliphatic heterocycles. The average molecular weight is 420 g/mol. The van der Waals surface area contributed by atoms with Gasteiger partial charge >= 0.3 is 0 Å². The molecule has 4 N–H and O–H groups in total. The number of phenolic OH excluding ortho intramolecular Hbond substituents is 1. The van der Waals surface area contributed by atoms with Crippen LogP contribution in [0.15, 0.2) is 48.8 Å². The molecule has 2 aromatic heterocycles. The molecule has 0 unspecified atom stereocenters. The van der Waals surface area contributed by atoms with Crippen molar-refractivity contribution in [3.8, 4) is 33.9 Å². The zero-order valence-electron chi connectivity index (χ0n) is 18.3. The summed E-state index contributed by atoms with van der Waals surface area (Å²) >= 11 is 0. The van der Waals surface area contributed by atoms with Crippen LogP contribution in [-0.2, 0) is 0 Å². The molecule has 1 fully saturated rings. The molecule has 0 radical (unpaired) electrons. The summed E-state index contributed by atoms with van der Waals surface area (Å²) in [6, 6.07) is 11.0. The summed E-state index contributed by atoms with van der Waals surface area (Å²) in [6.45, 7) is 8.88. The lowest BCUT2D eigenvalue weighted by Crippen LogP contribution is -2.60. The minimum atomic E-state index is 0.0470. The van der Waals surface area contributed by atoms with Crippen LogP contribution in [0.4, 0.5) is 5.82 Å². The van der Waals surface area contributed by atoms with Gasteiger partial charge in [-0.2, -0.15) is 0 Å². The summed E-state index contributed by atoms with van der Waals surface area (Å²) < 4.78 is 0. The molecule has 4 rings (SSSR count). The lowest BCUT2D eigenvalue weighted by atomic mass is 9.79. The summed E-state index contributed by atoms with van der Waals surface area (Å²) in [4.78, 5) is 3.98. The van der Waals surface area contributed by atoms with Gasteiger partial charge in [-0.15, -0.1) is 10.2 Å². The van der Waals surface area contributed by atoms with E-state index in [-0.39, 0.29) is 22.6 Å². The SMILES string of the molecule is CC1(C)CC(Nc2ccc(-c3ccc(-c4cncc(O)c4)cc3O)nn2)CC(C)(C)N1. The van der Waals surface area contributed by atoms with Gasteiger partial charge in [-0.3, -0.25) is 4.98 Å². The zero-order valence-corrected chi connectivity index (χ0v) is 18.3. The Morgan fingerprint density at radius 2 is 1.65 bits per heavy atom. The van der Waals surface area contributed by atoms with Crippen molar-refractivity contribution >= 4 is 5.82 Å². The summed E-state index contributed by atoms with van der Waals surface area (Å²) in [7, 11) is 0. The van der Waals surface area contributed by atoms with Crippen LogP contribution in [0.1, 0.15) is 40.5 Å². The maximum atomic E-state index is 10.5. The fraction of sp³-hybridized carbons (Fsp3) is 0.375. The highest BCUT2D eigenvalue weighted by Crippen LogP contribution is 2.34. The largest absolute Gasteiger partial charge is 0.507 e. The van der Waals surface area contributed by atoms with E-state index in [2.05, 4.69) is 53.5 Å². The second-order valence-corrected chi connectivity index (χ2v) is 9.61. The van der Waals surface area contributed by atoms with E-state index in [0.717, 1.165) is 29.8 Å². The molecule has 7 heteroatoms. The van der Waals surface area contributed by atoms with Gasteiger partial charge in [0.05, 0.1) is 11.9 Å². The Hall–Kier alpha value is -3.19. The van der Waals surface area contributed by atoms with E-state index in [0.29, 0.717) is 17.3 Å². The first-order valence-electron chi connectivity index (χ1n) is 10.5. The smallest absolute Gasteiger partial charge is 0.148 e. The third-order valence-electron chi connectivity index (χ3n) is 5.54. The second kappa shape index (κ2) is 7.81. The molecule has 31 heavy (non-hydrogen) atoms. The number of aromatic hydroxyl groups is 2. The molecule has 0 bridgehead atoms. The Balaban J connectivity index is 1.51. The number of anilines is 1. The van der Waals surface area contributed by atoms with Gasteiger partial charge in [0.25, 0.3) is 0 Å². The number of nitrogens with one attached hydrogen (secondary N) is 2.